The zero-order chi connectivity index (χ0) is 23.8. The average molecular weight is 468 g/mol. The van der Waals surface area contributed by atoms with E-state index in [0.29, 0.717) is 35.1 Å². The van der Waals surface area contributed by atoms with Crippen molar-refractivity contribution in [3.05, 3.63) is 52.9 Å². The molecule has 0 spiro atoms. The predicted molar refractivity (Wildman–Crippen MR) is 123 cm³/mol. The van der Waals surface area contributed by atoms with Gasteiger partial charge in [0.2, 0.25) is 5.91 Å². The molecule has 2 aromatic carbocycles. The minimum atomic E-state index is -0.560. The van der Waals surface area contributed by atoms with Crippen molar-refractivity contribution >= 4 is 40.6 Å². The minimum Gasteiger partial charge on any atom is -0.494 e. The molecule has 0 saturated carbocycles. The van der Waals surface area contributed by atoms with E-state index in [2.05, 4.69) is 5.32 Å². The fraction of sp³-hybridized carbons (Fsp3) is 0.217. The fourth-order valence-corrected chi connectivity index (χ4v) is 3.77. The Morgan fingerprint density at radius 1 is 1.15 bits per heavy atom. The number of hydrogen-bond donors (Lipinski definition) is 1. The molecule has 0 atom stereocenters. The zero-order valence-electron chi connectivity index (χ0n) is 18.0. The Hall–Kier alpha value is -3.97. The van der Waals surface area contributed by atoms with Crippen LogP contribution in [-0.2, 0) is 9.59 Å². The summed E-state index contributed by atoms with van der Waals surface area (Å²) in [6.07, 6.45) is 1.53. The van der Waals surface area contributed by atoms with Crippen molar-refractivity contribution in [2.45, 2.75) is 6.92 Å². The van der Waals surface area contributed by atoms with Gasteiger partial charge in [-0.25, -0.2) is 0 Å². The van der Waals surface area contributed by atoms with Gasteiger partial charge in [0.05, 0.1) is 18.6 Å². The van der Waals surface area contributed by atoms with Gasteiger partial charge in [-0.05, 0) is 66.7 Å². The van der Waals surface area contributed by atoms with E-state index >= 15 is 0 Å². The maximum atomic E-state index is 12.7. The molecule has 1 fully saturated rings. The van der Waals surface area contributed by atoms with Gasteiger partial charge in [0, 0.05) is 5.69 Å². The molecule has 1 heterocycles. The summed E-state index contributed by atoms with van der Waals surface area (Å²) in [4.78, 5) is 38.5. The molecule has 2 aromatic rings. The molecule has 1 aliphatic rings. The van der Waals surface area contributed by atoms with Crippen LogP contribution in [0.15, 0.2) is 47.4 Å². The third-order valence-electron chi connectivity index (χ3n) is 4.40. The van der Waals surface area contributed by atoms with E-state index < -0.39 is 23.6 Å². The van der Waals surface area contributed by atoms with Crippen molar-refractivity contribution in [1.82, 2.24) is 4.90 Å². The van der Waals surface area contributed by atoms with Crippen LogP contribution in [0.25, 0.3) is 6.08 Å². The first-order valence-corrected chi connectivity index (χ1v) is 10.7. The van der Waals surface area contributed by atoms with Crippen molar-refractivity contribution < 1.29 is 28.6 Å². The molecule has 0 unspecified atom stereocenters. The second-order valence-corrected chi connectivity index (χ2v) is 7.62. The molecule has 0 radical (unpaired) electrons. The molecule has 0 aromatic heterocycles. The van der Waals surface area contributed by atoms with E-state index in [4.69, 9.17) is 19.5 Å². The quantitative estimate of drug-likeness (QED) is 0.555. The summed E-state index contributed by atoms with van der Waals surface area (Å²) in [6, 6.07) is 13.6. The van der Waals surface area contributed by atoms with Crippen LogP contribution in [-0.4, -0.2) is 48.8 Å². The first-order valence-electron chi connectivity index (χ1n) is 9.91. The smallest absolute Gasteiger partial charge is 0.294 e. The number of thioether (sulfide) groups is 1. The summed E-state index contributed by atoms with van der Waals surface area (Å²) >= 11 is 0.751. The van der Waals surface area contributed by atoms with Gasteiger partial charge < -0.3 is 19.5 Å². The Labute approximate surface area is 194 Å². The molecule has 3 rings (SSSR count). The van der Waals surface area contributed by atoms with Gasteiger partial charge in [-0.2, -0.15) is 5.26 Å². The standard InChI is InChI=1S/C23H21N3O6S/c1-3-31-17-7-5-16(6-8-17)25-21(27)14-26-22(28)20(33-23(26)29)13-15-4-9-18(32-11-10-24)19(12-15)30-2/h4-9,12-13H,3,11,14H2,1-2H3,(H,25,27)/b20-13-. The first kappa shape index (κ1) is 23.7. The normalized spacial score (nSPS) is 14.2. The molecular weight excluding hydrogens is 446 g/mol. The number of hydrogen-bond acceptors (Lipinski definition) is 8. The van der Waals surface area contributed by atoms with Crippen LogP contribution in [0.4, 0.5) is 10.5 Å². The second kappa shape index (κ2) is 11.1. The monoisotopic (exact) mass is 467 g/mol. The number of nitriles is 1. The van der Waals surface area contributed by atoms with Crippen LogP contribution in [0, 0.1) is 11.3 Å². The molecule has 33 heavy (non-hydrogen) atoms. The van der Waals surface area contributed by atoms with Gasteiger partial charge in [0.25, 0.3) is 11.1 Å². The maximum absolute atomic E-state index is 12.7. The number of benzene rings is 2. The van der Waals surface area contributed by atoms with Crippen molar-refractivity contribution in [1.29, 1.82) is 5.26 Å². The van der Waals surface area contributed by atoms with E-state index in [1.54, 1.807) is 42.5 Å². The number of rotatable bonds is 9. The van der Waals surface area contributed by atoms with E-state index in [9.17, 15) is 14.4 Å². The number of imide groups is 1. The summed E-state index contributed by atoms with van der Waals surface area (Å²) in [5.41, 5.74) is 1.12. The summed E-state index contributed by atoms with van der Waals surface area (Å²) in [5, 5.41) is 10.8. The number of nitrogens with one attached hydrogen (secondary N) is 1. The average Bonchev–Trinajstić information content (AvgIpc) is 3.06. The van der Waals surface area contributed by atoms with Crippen molar-refractivity contribution in [3.8, 4) is 23.3 Å². The molecule has 9 nitrogen and oxygen atoms in total. The Balaban J connectivity index is 1.67. The van der Waals surface area contributed by atoms with Gasteiger partial charge in [-0.15, -0.1) is 0 Å². The molecule has 3 amide bonds. The summed E-state index contributed by atoms with van der Waals surface area (Å²) in [5.74, 6) is 0.384. The van der Waals surface area contributed by atoms with Crippen LogP contribution in [0.1, 0.15) is 12.5 Å². The lowest BCUT2D eigenvalue weighted by atomic mass is 10.2. The molecule has 10 heteroatoms. The van der Waals surface area contributed by atoms with Gasteiger partial charge in [-0.3, -0.25) is 19.3 Å². The topological polar surface area (TPSA) is 118 Å². The lowest BCUT2D eigenvalue weighted by Gasteiger charge is -2.13. The third kappa shape index (κ3) is 6.05. The summed E-state index contributed by atoms with van der Waals surface area (Å²) in [6.45, 7) is 1.87. The predicted octanol–water partition coefficient (Wildman–Crippen LogP) is 3.67. The largest absolute Gasteiger partial charge is 0.494 e. The number of methoxy groups -OCH3 is 1. The molecule has 1 aliphatic heterocycles. The third-order valence-corrected chi connectivity index (χ3v) is 5.31. The SMILES string of the molecule is CCOc1ccc(NC(=O)CN2C(=O)S/C(=C\c3ccc(OCC#N)c(OC)c3)C2=O)cc1. The van der Waals surface area contributed by atoms with Crippen molar-refractivity contribution in [2.75, 3.05) is 32.2 Å². The Morgan fingerprint density at radius 2 is 1.91 bits per heavy atom. The van der Waals surface area contributed by atoms with E-state index in [1.165, 1.54) is 13.2 Å². The van der Waals surface area contributed by atoms with Crippen LogP contribution in [0.2, 0.25) is 0 Å². The number of nitrogens with zero attached hydrogens (tertiary/aromatic N) is 2. The molecular formula is C23H21N3O6S. The molecule has 0 aliphatic carbocycles. The number of anilines is 1. The number of amides is 3. The maximum Gasteiger partial charge on any atom is 0.294 e. The lowest BCUT2D eigenvalue weighted by molar-refractivity contribution is -0.127. The van der Waals surface area contributed by atoms with Gasteiger partial charge in [-0.1, -0.05) is 6.07 Å². The zero-order valence-corrected chi connectivity index (χ0v) is 18.8. The van der Waals surface area contributed by atoms with Gasteiger partial charge in [0.1, 0.15) is 18.4 Å². The molecule has 170 valence electrons. The highest BCUT2D eigenvalue weighted by atomic mass is 32.2. The number of carbonyl (C=O) groups is 3. The highest BCUT2D eigenvalue weighted by Crippen LogP contribution is 2.34. The van der Waals surface area contributed by atoms with E-state index in [-0.39, 0.29) is 11.5 Å². The van der Waals surface area contributed by atoms with Crippen LogP contribution in [0.5, 0.6) is 17.2 Å². The first-order chi connectivity index (χ1) is 15.9. The summed E-state index contributed by atoms with van der Waals surface area (Å²) < 4.78 is 15.9. The Bertz CT molecular complexity index is 1120. The van der Waals surface area contributed by atoms with Crippen LogP contribution in [0.3, 0.4) is 0 Å². The lowest BCUT2D eigenvalue weighted by Crippen LogP contribution is -2.36. The molecule has 0 bridgehead atoms. The van der Waals surface area contributed by atoms with Crippen LogP contribution >= 0.6 is 11.8 Å². The second-order valence-electron chi connectivity index (χ2n) is 6.63. The van der Waals surface area contributed by atoms with Crippen molar-refractivity contribution in [2.24, 2.45) is 0 Å². The summed E-state index contributed by atoms with van der Waals surface area (Å²) in [7, 11) is 1.45. The highest BCUT2D eigenvalue weighted by Gasteiger charge is 2.36. The number of carbonyl (C=O) groups excluding carboxylic acids is 3. The van der Waals surface area contributed by atoms with E-state index in [0.717, 1.165) is 16.7 Å². The molecule has 1 saturated heterocycles. The Morgan fingerprint density at radius 3 is 2.58 bits per heavy atom. The number of ether oxygens (including phenoxy) is 3. The highest BCUT2D eigenvalue weighted by molar-refractivity contribution is 8.18. The minimum absolute atomic E-state index is 0.132. The fourth-order valence-electron chi connectivity index (χ4n) is 2.94. The van der Waals surface area contributed by atoms with Crippen molar-refractivity contribution in [3.63, 3.8) is 0 Å². The van der Waals surface area contributed by atoms with Crippen LogP contribution < -0.4 is 19.5 Å². The van der Waals surface area contributed by atoms with Gasteiger partial charge in [0.15, 0.2) is 18.1 Å². The van der Waals surface area contributed by atoms with Gasteiger partial charge >= 0.3 is 0 Å². The Kier molecular flexibility index (Phi) is 7.94. The molecule has 1 N–H and O–H groups in total. The van der Waals surface area contributed by atoms with E-state index in [1.807, 2.05) is 13.0 Å².